The maximum Gasteiger partial charge on any atom is 0.495 e. The van der Waals surface area contributed by atoms with Crippen molar-refractivity contribution in [3.63, 3.8) is 0 Å². The summed E-state index contributed by atoms with van der Waals surface area (Å²) in [5.74, 6) is -0.398. The highest BCUT2D eigenvalue weighted by atomic mass is 16.7. The SMILES string of the molecule is Cc1c(CC(=O)OC(C)(C)C)c(C)c(N(C)C(=O)OCC2c3ccccc3-c3ccccc32)c(C)c1B1OC(C)(C)C(C)(C)O1. The Morgan fingerprint density at radius 2 is 1.36 bits per heavy atom. The number of ether oxygens (including phenoxy) is 2. The lowest BCUT2D eigenvalue weighted by molar-refractivity contribution is -0.153. The summed E-state index contributed by atoms with van der Waals surface area (Å²) < 4.78 is 24.7. The topological polar surface area (TPSA) is 74.3 Å². The minimum atomic E-state index is -0.678. The Bertz CT molecular complexity index is 1590. The van der Waals surface area contributed by atoms with Gasteiger partial charge in [0.25, 0.3) is 0 Å². The molecule has 1 aliphatic carbocycles. The van der Waals surface area contributed by atoms with Gasteiger partial charge in [-0.25, -0.2) is 4.79 Å². The largest absolute Gasteiger partial charge is 0.495 e. The van der Waals surface area contributed by atoms with E-state index in [1.165, 1.54) is 11.1 Å². The van der Waals surface area contributed by atoms with Crippen molar-refractivity contribution in [2.24, 2.45) is 0 Å². The van der Waals surface area contributed by atoms with Gasteiger partial charge in [-0.1, -0.05) is 48.5 Å². The van der Waals surface area contributed by atoms with Gasteiger partial charge in [-0.2, -0.15) is 0 Å². The fraction of sp³-hybridized carbons (Fsp3) is 0.459. The third-order valence-electron chi connectivity index (χ3n) is 9.60. The van der Waals surface area contributed by atoms with Gasteiger partial charge in [0.1, 0.15) is 12.2 Å². The van der Waals surface area contributed by atoms with Crippen molar-refractivity contribution in [1.82, 2.24) is 0 Å². The fourth-order valence-corrected chi connectivity index (χ4v) is 6.66. The molecule has 2 aliphatic rings. The molecule has 3 aromatic carbocycles. The summed E-state index contributed by atoms with van der Waals surface area (Å²) in [4.78, 5) is 28.5. The number of nitrogens with zero attached hydrogens (tertiary/aromatic N) is 1. The predicted molar refractivity (Wildman–Crippen MR) is 179 cm³/mol. The van der Waals surface area contributed by atoms with Crippen LogP contribution in [0.5, 0.6) is 0 Å². The molecule has 1 saturated heterocycles. The van der Waals surface area contributed by atoms with Gasteiger partial charge in [-0.3, -0.25) is 9.69 Å². The summed E-state index contributed by atoms with van der Waals surface area (Å²) in [5.41, 5.74) is 7.70. The quantitative estimate of drug-likeness (QED) is 0.217. The molecule has 45 heavy (non-hydrogen) atoms. The lowest BCUT2D eigenvalue weighted by atomic mass is 9.70. The van der Waals surface area contributed by atoms with Crippen LogP contribution in [-0.2, 0) is 30.0 Å². The highest BCUT2D eigenvalue weighted by Gasteiger charge is 2.53. The van der Waals surface area contributed by atoms with Crippen LogP contribution in [0.2, 0.25) is 0 Å². The van der Waals surface area contributed by atoms with E-state index >= 15 is 0 Å². The molecular weight excluding hydrogens is 565 g/mol. The number of esters is 1. The lowest BCUT2D eigenvalue weighted by Gasteiger charge is -2.32. The Morgan fingerprint density at radius 3 is 1.87 bits per heavy atom. The number of hydrogen-bond acceptors (Lipinski definition) is 6. The second-order valence-corrected chi connectivity index (χ2v) is 14.3. The van der Waals surface area contributed by atoms with Gasteiger partial charge < -0.3 is 18.8 Å². The zero-order valence-electron chi connectivity index (χ0n) is 28.6. The average Bonchev–Trinajstić information content (AvgIpc) is 3.37. The maximum absolute atomic E-state index is 13.8. The molecule has 0 atom stereocenters. The summed E-state index contributed by atoms with van der Waals surface area (Å²) in [6.07, 6.45) is -0.428. The van der Waals surface area contributed by atoms with Crippen molar-refractivity contribution in [1.29, 1.82) is 0 Å². The van der Waals surface area contributed by atoms with Gasteiger partial charge in [-0.15, -0.1) is 0 Å². The van der Waals surface area contributed by atoms with Crippen molar-refractivity contribution in [2.75, 3.05) is 18.6 Å². The molecule has 5 rings (SSSR count). The van der Waals surface area contributed by atoms with E-state index in [1.807, 2.05) is 93.5 Å². The molecule has 1 heterocycles. The van der Waals surface area contributed by atoms with Crippen LogP contribution >= 0.6 is 0 Å². The molecule has 0 bridgehead atoms. The number of benzene rings is 3. The first kappa shape index (κ1) is 32.8. The minimum Gasteiger partial charge on any atom is -0.460 e. The van der Waals surface area contributed by atoms with E-state index < -0.39 is 30.0 Å². The van der Waals surface area contributed by atoms with E-state index in [2.05, 4.69) is 24.3 Å². The molecular formula is C37H46BNO6. The van der Waals surface area contributed by atoms with E-state index in [-0.39, 0.29) is 24.9 Å². The molecule has 1 aliphatic heterocycles. The molecule has 0 radical (unpaired) electrons. The second kappa shape index (κ2) is 11.6. The zero-order chi connectivity index (χ0) is 33.1. The summed E-state index contributed by atoms with van der Waals surface area (Å²) in [5, 5.41) is 0. The Hall–Kier alpha value is -3.62. The minimum absolute atomic E-state index is 0.0489. The molecule has 1 amide bonds. The molecule has 7 nitrogen and oxygen atoms in total. The molecule has 1 fully saturated rings. The van der Waals surface area contributed by atoms with Crippen LogP contribution in [0.1, 0.15) is 87.8 Å². The van der Waals surface area contributed by atoms with Crippen LogP contribution in [0.3, 0.4) is 0 Å². The van der Waals surface area contributed by atoms with Gasteiger partial charge in [0.15, 0.2) is 0 Å². The van der Waals surface area contributed by atoms with Crippen molar-refractivity contribution < 1.29 is 28.4 Å². The van der Waals surface area contributed by atoms with Crippen molar-refractivity contribution >= 4 is 30.3 Å². The number of carbonyl (C=O) groups excluding carboxylic acids is 2. The standard InChI is InChI=1S/C37H46BNO6/c1-22-29(20-31(40)43-35(4,5)6)23(2)33(24(3)32(22)38-44-36(7,8)37(9,10)45-38)39(11)34(41)42-21-30-27-18-14-12-16-25(27)26-17-13-15-19-28(26)30/h12-19,30H,20-21H2,1-11H3. The summed E-state index contributed by atoms with van der Waals surface area (Å²) >= 11 is 0. The Labute approximate surface area is 268 Å². The average molecular weight is 612 g/mol. The molecule has 0 N–H and O–H groups in total. The third kappa shape index (κ3) is 6.02. The van der Waals surface area contributed by atoms with Crippen LogP contribution in [0.4, 0.5) is 10.5 Å². The highest BCUT2D eigenvalue weighted by molar-refractivity contribution is 6.63. The monoisotopic (exact) mass is 611 g/mol. The Kier molecular flexibility index (Phi) is 8.47. The van der Waals surface area contributed by atoms with E-state index in [4.69, 9.17) is 18.8 Å². The van der Waals surface area contributed by atoms with Crippen LogP contribution in [0.15, 0.2) is 48.5 Å². The first-order valence-corrected chi connectivity index (χ1v) is 15.7. The maximum atomic E-state index is 13.8. The summed E-state index contributed by atoms with van der Waals surface area (Å²) in [7, 11) is 1.04. The van der Waals surface area contributed by atoms with Crippen LogP contribution in [-0.4, -0.2) is 49.6 Å². The van der Waals surface area contributed by atoms with Gasteiger partial charge in [0.05, 0.1) is 23.3 Å². The number of rotatable bonds is 6. The summed E-state index contributed by atoms with van der Waals surface area (Å²) in [6.45, 7) is 19.7. The smallest absolute Gasteiger partial charge is 0.460 e. The first-order valence-electron chi connectivity index (χ1n) is 15.7. The van der Waals surface area contributed by atoms with E-state index in [9.17, 15) is 9.59 Å². The number of amides is 1. The molecule has 8 heteroatoms. The second-order valence-electron chi connectivity index (χ2n) is 14.3. The van der Waals surface area contributed by atoms with Gasteiger partial charge in [-0.05, 0) is 119 Å². The van der Waals surface area contributed by atoms with Gasteiger partial charge in [0, 0.05) is 13.0 Å². The number of carbonyl (C=O) groups is 2. The molecule has 0 spiro atoms. The van der Waals surface area contributed by atoms with E-state index in [0.717, 1.165) is 38.8 Å². The summed E-state index contributed by atoms with van der Waals surface area (Å²) in [6, 6.07) is 16.6. The van der Waals surface area contributed by atoms with Crippen LogP contribution < -0.4 is 10.4 Å². The lowest BCUT2D eigenvalue weighted by Crippen LogP contribution is -2.41. The molecule has 238 valence electrons. The Balaban J connectivity index is 1.50. The molecule has 0 aromatic heterocycles. The third-order valence-corrected chi connectivity index (χ3v) is 9.60. The van der Waals surface area contributed by atoms with Gasteiger partial charge >= 0.3 is 19.2 Å². The number of anilines is 1. The number of hydrogen-bond donors (Lipinski definition) is 0. The molecule has 0 unspecified atom stereocenters. The predicted octanol–water partition coefficient (Wildman–Crippen LogP) is 7.18. The Morgan fingerprint density at radius 1 is 0.844 bits per heavy atom. The molecule has 3 aromatic rings. The van der Waals surface area contributed by atoms with Crippen LogP contribution in [0.25, 0.3) is 11.1 Å². The van der Waals surface area contributed by atoms with Crippen molar-refractivity contribution in [3.8, 4) is 11.1 Å². The zero-order valence-corrected chi connectivity index (χ0v) is 28.6. The molecule has 0 saturated carbocycles. The van der Waals surface area contributed by atoms with Crippen molar-refractivity contribution in [3.05, 3.63) is 81.9 Å². The normalized spacial score (nSPS) is 16.7. The van der Waals surface area contributed by atoms with Gasteiger partial charge in [0.2, 0.25) is 0 Å². The van der Waals surface area contributed by atoms with Crippen LogP contribution in [0, 0.1) is 20.8 Å². The highest BCUT2D eigenvalue weighted by Crippen LogP contribution is 2.45. The number of fused-ring (bicyclic) bond motifs is 3. The van der Waals surface area contributed by atoms with Crippen molar-refractivity contribution in [2.45, 2.75) is 98.4 Å². The first-order chi connectivity index (χ1) is 20.9. The van der Waals surface area contributed by atoms with E-state index in [1.54, 1.807) is 11.9 Å². The fourth-order valence-electron chi connectivity index (χ4n) is 6.66. The van der Waals surface area contributed by atoms with E-state index in [0.29, 0.717) is 5.69 Å².